The SMILES string of the molecule is CCNC(=NCC(O)c1ccc(Cl)s1)NC1CCN(c2ncccc2F)C1.I. The Morgan fingerprint density at radius 3 is 3.00 bits per heavy atom. The summed E-state index contributed by atoms with van der Waals surface area (Å²) in [6.07, 6.45) is 1.76. The van der Waals surface area contributed by atoms with Gasteiger partial charge in [-0.15, -0.1) is 35.3 Å². The molecule has 1 aliphatic heterocycles. The Kier molecular flexibility index (Phi) is 9.19. The first kappa shape index (κ1) is 23.1. The highest BCUT2D eigenvalue weighted by Gasteiger charge is 2.26. The van der Waals surface area contributed by atoms with Gasteiger partial charge in [0.15, 0.2) is 17.6 Å². The van der Waals surface area contributed by atoms with Crippen molar-refractivity contribution in [3.05, 3.63) is 45.5 Å². The van der Waals surface area contributed by atoms with Gasteiger partial charge >= 0.3 is 0 Å². The van der Waals surface area contributed by atoms with E-state index >= 15 is 0 Å². The molecule has 154 valence electrons. The molecule has 6 nitrogen and oxygen atoms in total. The summed E-state index contributed by atoms with van der Waals surface area (Å²) in [5.74, 6) is 0.706. The summed E-state index contributed by atoms with van der Waals surface area (Å²) in [5.41, 5.74) is 0. The molecule has 10 heteroatoms. The molecule has 3 N–H and O–H groups in total. The van der Waals surface area contributed by atoms with E-state index in [1.165, 1.54) is 17.4 Å². The van der Waals surface area contributed by atoms with E-state index in [0.717, 1.165) is 17.8 Å². The minimum atomic E-state index is -0.694. The fourth-order valence-electron chi connectivity index (χ4n) is 2.97. The average molecular weight is 540 g/mol. The van der Waals surface area contributed by atoms with Crippen LogP contribution in [0.2, 0.25) is 4.34 Å². The van der Waals surface area contributed by atoms with Crippen molar-refractivity contribution in [3.63, 3.8) is 0 Å². The lowest BCUT2D eigenvalue weighted by molar-refractivity contribution is 0.191. The fraction of sp³-hybridized carbons (Fsp3) is 0.444. The van der Waals surface area contributed by atoms with E-state index in [1.807, 2.05) is 17.9 Å². The van der Waals surface area contributed by atoms with Crippen LogP contribution in [0.15, 0.2) is 35.5 Å². The molecule has 2 unspecified atom stereocenters. The van der Waals surface area contributed by atoms with E-state index in [0.29, 0.717) is 29.2 Å². The number of anilines is 1. The Labute approximate surface area is 190 Å². The van der Waals surface area contributed by atoms with Crippen LogP contribution in [0.3, 0.4) is 0 Å². The van der Waals surface area contributed by atoms with E-state index in [1.54, 1.807) is 18.3 Å². The number of pyridine rings is 1. The molecule has 0 radical (unpaired) electrons. The molecule has 3 rings (SSSR count). The fourth-order valence-corrected chi connectivity index (χ4v) is 4.01. The molecule has 3 heterocycles. The van der Waals surface area contributed by atoms with E-state index in [9.17, 15) is 9.50 Å². The minimum absolute atomic E-state index is 0. The third-order valence-corrected chi connectivity index (χ3v) is 5.59. The van der Waals surface area contributed by atoms with Crippen LogP contribution in [0.25, 0.3) is 0 Å². The Bertz CT molecular complexity index is 793. The molecule has 28 heavy (non-hydrogen) atoms. The first-order valence-electron chi connectivity index (χ1n) is 8.90. The summed E-state index contributed by atoms with van der Waals surface area (Å²) in [5, 5.41) is 16.8. The number of halogens is 3. The van der Waals surface area contributed by atoms with Crippen molar-refractivity contribution < 1.29 is 9.50 Å². The van der Waals surface area contributed by atoms with Crippen molar-refractivity contribution in [1.82, 2.24) is 15.6 Å². The van der Waals surface area contributed by atoms with Gasteiger partial charge in [0.2, 0.25) is 0 Å². The van der Waals surface area contributed by atoms with Gasteiger partial charge in [0.05, 0.1) is 10.9 Å². The van der Waals surface area contributed by atoms with Crippen molar-refractivity contribution in [2.45, 2.75) is 25.5 Å². The number of aliphatic imine (C=N–C) groups is 1. The highest BCUT2D eigenvalue weighted by molar-refractivity contribution is 14.0. The Hall–Kier alpha value is -1.17. The largest absolute Gasteiger partial charge is 0.386 e. The summed E-state index contributed by atoms with van der Waals surface area (Å²) in [6, 6.07) is 6.71. The Balaban J connectivity index is 0.00000280. The van der Waals surface area contributed by atoms with Gasteiger partial charge < -0.3 is 20.6 Å². The molecule has 0 aromatic carbocycles. The number of hydrogen-bond acceptors (Lipinski definition) is 5. The molecule has 1 fully saturated rings. The summed E-state index contributed by atoms with van der Waals surface area (Å²) in [7, 11) is 0. The second-order valence-electron chi connectivity index (χ2n) is 6.26. The van der Waals surface area contributed by atoms with Gasteiger partial charge in [-0.2, -0.15) is 0 Å². The number of aromatic nitrogens is 1. The van der Waals surface area contributed by atoms with E-state index in [2.05, 4.69) is 20.6 Å². The Morgan fingerprint density at radius 2 is 2.32 bits per heavy atom. The normalized spacial score (nSPS) is 17.9. The first-order chi connectivity index (χ1) is 13.1. The lowest BCUT2D eigenvalue weighted by Gasteiger charge is -2.20. The summed E-state index contributed by atoms with van der Waals surface area (Å²) < 4.78 is 14.6. The van der Waals surface area contributed by atoms with Crippen molar-refractivity contribution in [1.29, 1.82) is 0 Å². The zero-order valence-electron chi connectivity index (χ0n) is 15.4. The van der Waals surface area contributed by atoms with Crippen molar-refractivity contribution >= 4 is 58.7 Å². The zero-order valence-corrected chi connectivity index (χ0v) is 19.3. The highest BCUT2D eigenvalue weighted by atomic mass is 127. The molecule has 2 aromatic heterocycles. The average Bonchev–Trinajstić information content (AvgIpc) is 3.29. The monoisotopic (exact) mass is 539 g/mol. The van der Waals surface area contributed by atoms with Gasteiger partial charge in [0, 0.05) is 36.8 Å². The van der Waals surface area contributed by atoms with E-state index in [-0.39, 0.29) is 42.4 Å². The van der Waals surface area contributed by atoms with Crippen LogP contribution in [-0.2, 0) is 0 Å². The van der Waals surface area contributed by atoms with Crippen LogP contribution in [-0.4, -0.2) is 48.3 Å². The maximum atomic E-state index is 13.9. The molecule has 2 atom stereocenters. The summed E-state index contributed by atoms with van der Waals surface area (Å²) >= 11 is 7.27. The number of nitrogens with zero attached hydrogens (tertiary/aromatic N) is 3. The van der Waals surface area contributed by atoms with Crippen LogP contribution in [0.5, 0.6) is 0 Å². The van der Waals surface area contributed by atoms with Crippen molar-refractivity contribution in [2.24, 2.45) is 4.99 Å². The molecule has 0 bridgehead atoms. The third kappa shape index (κ3) is 6.16. The predicted octanol–water partition coefficient (Wildman–Crippen LogP) is 3.42. The highest BCUT2D eigenvalue weighted by Crippen LogP contribution is 2.27. The minimum Gasteiger partial charge on any atom is -0.386 e. The third-order valence-electron chi connectivity index (χ3n) is 4.26. The first-order valence-corrected chi connectivity index (χ1v) is 10.1. The lowest BCUT2D eigenvalue weighted by Crippen LogP contribution is -2.45. The number of guanidine groups is 1. The molecular formula is C18H24ClFIN5OS. The van der Waals surface area contributed by atoms with Gasteiger partial charge in [-0.25, -0.2) is 9.37 Å². The second kappa shape index (κ2) is 11.1. The smallest absolute Gasteiger partial charge is 0.191 e. The quantitative estimate of drug-likeness (QED) is 0.298. The molecule has 2 aromatic rings. The van der Waals surface area contributed by atoms with Gasteiger partial charge in [-0.05, 0) is 37.6 Å². The van der Waals surface area contributed by atoms with E-state index in [4.69, 9.17) is 11.6 Å². The molecule has 0 saturated carbocycles. The van der Waals surface area contributed by atoms with Crippen molar-refractivity contribution in [3.8, 4) is 0 Å². The number of rotatable bonds is 6. The lowest BCUT2D eigenvalue weighted by atomic mass is 10.2. The molecule has 1 aliphatic rings. The van der Waals surface area contributed by atoms with Crippen LogP contribution >= 0.6 is 46.9 Å². The van der Waals surface area contributed by atoms with Gasteiger partial charge in [-0.3, -0.25) is 4.99 Å². The maximum Gasteiger partial charge on any atom is 0.191 e. The molecular weight excluding hydrogens is 516 g/mol. The Morgan fingerprint density at radius 1 is 1.50 bits per heavy atom. The van der Waals surface area contributed by atoms with Crippen LogP contribution in [0.1, 0.15) is 24.3 Å². The zero-order chi connectivity index (χ0) is 19.2. The summed E-state index contributed by atoms with van der Waals surface area (Å²) in [4.78, 5) is 11.3. The topological polar surface area (TPSA) is 72.8 Å². The standard InChI is InChI=1S/C18H23ClFN5OS.HI/c1-2-21-18(23-10-14(26)15-5-6-16(19)27-15)24-12-7-9-25(11-12)17-13(20)4-3-8-22-17;/h3-6,8,12,14,26H,2,7,9-11H2,1H3,(H2,21,23,24);1H. The second-order valence-corrected chi connectivity index (χ2v) is 8.01. The summed E-state index contributed by atoms with van der Waals surface area (Å²) in [6.45, 7) is 4.29. The van der Waals surface area contributed by atoms with Gasteiger partial charge in [0.1, 0.15) is 6.10 Å². The number of thiophene rings is 1. The predicted molar refractivity (Wildman–Crippen MR) is 124 cm³/mol. The van der Waals surface area contributed by atoms with Gasteiger partial charge in [0.25, 0.3) is 0 Å². The van der Waals surface area contributed by atoms with Crippen LogP contribution in [0, 0.1) is 5.82 Å². The van der Waals surface area contributed by atoms with Gasteiger partial charge in [-0.1, -0.05) is 11.6 Å². The van der Waals surface area contributed by atoms with Crippen LogP contribution in [0.4, 0.5) is 10.2 Å². The number of nitrogens with one attached hydrogen (secondary N) is 2. The van der Waals surface area contributed by atoms with E-state index < -0.39 is 6.10 Å². The van der Waals surface area contributed by atoms with Crippen LogP contribution < -0.4 is 15.5 Å². The molecule has 0 aliphatic carbocycles. The number of aliphatic hydroxyl groups is 1. The maximum absolute atomic E-state index is 13.9. The number of aliphatic hydroxyl groups excluding tert-OH is 1. The number of hydrogen-bond donors (Lipinski definition) is 3. The molecule has 1 saturated heterocycles. The molecule has 0 spiro atoms. The molecule has 0 amide bonds. The van der Waals surface area contributed by atoms with Crippen molar-refractivity contribution in [2.75, 3.05) is 31.1 Å².